The van der Waals surface area contributed by atoms with E-state index < -0.39 is 0 Å². The lowest BCUT2D eigenvalue weighted by Gasteiger charge is -2.11. The average molecular weight is 257 g/mol. The molecule has 19 heavy (non-hydrogen) atoms. The molecule has 2 atom stereocenters. The Bertz CT molecular complexity index is 585. The summed E-state index contributed by atoms with van der Waals surface area (Å²) in [6.07, 6.45) is 2.81. The molecular formula is C15H19N3O. The fraction of sp³-hybridized carbons (Fsp3) is 0.400. The smallest absolute Gasteiger partial charge is 0.126 e. The van der Waals surface area contributed by atoms with Crippen LogP contribution in [0.25, 0.3) is 10.9 Å². The predicted octanol–water partition coefficient (Wildman–Crippen LogP) is 2.39. The number of anilines is 2. The second-order valence-corrected chi connectivity index (χ2v) is 5.36. The third-order valence-corrected chi connectivity index (χ3v) is 3.80. The van der Waals surface area contributed by atoms with Crippen molar-refractivity contribution in [2.75, 3.05) is 17.6 Å². The van der Waals surface area contributed by atoms with Crippen LogP contribution in [-0.2, 0) is 0 Å². The lowest BCUT2D eigenvalue weighted by molar-refractivity contribution is 0.178. The van der Waals surface area contributed by atoms with Gasteiger partial charge in [-0.15, -0.1) is 0 Å². The first-order valence-corrected chi connectivity index (χ1v) is 6.79. The summed E-state index contributed by atoms with van der Waals surface area (Å²) < 4.78 is 0. The summed E-state index contributed by atoms with van der Waals surface area (Å²) in [5, 5.41) is 13.9. The van der Waals surface area contributed by atoms with Crippen LogP contribution in [0, 0.1) is 5.92 Å². The van der Waals surface area contributed by atoms with E-state index in [0.29, 0.717) is 5.92 Å². The van der Waals surface area contributed by atoms with Gasteiger partial charge in [0.05, 0.1) is 11.6 Å². The Labute approximate surface area is 112 Å². The highest BCUT2D eigenvalue weighted by Crippen LogP contribution is 2.26. The second kappa shape index (κ2) is 5.05. The highest BCUT2D eigenvalue weighted by atomic mass is 16.3. The van der Waals surface area contributed by atoms with Crippen molar-refractivity contribution >= 4 is 22.4 Å². The zero-order valence-electron chi connectivity index (χ0n) is 10.8. The number of nitrogens with one attached hydrogen (secondary N) is 1. The summed E-state index contributed by atoms with van der Waals surface area (Å²) in [5.41, 5.74) is 7.46. The molecule has 0 radical (unpaired) electrons. The van der Waals surface area contributed by atoms with Crippen molar-refractivity contribution in [2.45, 2.75) is 25.4 Å². The molecule has 4 heteroatoms. The highest BCUT2D eigenvalue weighted by molar-refractivity contribution is 5.83. The molecule has 3 rings (SSSR count). The lowest BCUT2D eigenvalue weighted by atomic mass is 10.1. The summed E-state index contributed by atoms with van der Waals surface area (Å²) >= 11 is 0. The third-order valence-electron chi connectivity index (χ3n) is 3.80. The van der Waals surface area contributed by atoms with Crippen LogP contribution in [0.1, 0.15) is 19.3 Å². The summed E-state index contributed by atoms with van der Waals surface area (Å²) in [6.45, 7) is 0.880. The van der Waals surface area contributed by atoms with Crippen LogP contribution in [0.5, 0.6) is 0 Å². The molecule has 0 aliphatic heterocycles. The fourth-order valence-electron chi connectivity index (χ4n) is 2.73. The Kier molecular flexibility index (Phi) is 3.25. The van der Waals surface area contributed by atoms with Crippen molar-refractivity contribution in [3.05, 3.63) is 30.3 Å². The van der Waals surface area contributed by atoms with E-state index in [1.807, 2.05) is 30.3 Å². The number of hydrogen-bond donors (Lipinski definition) is 3. The van der Waals surface area contributed by atoms with Gasteiger partial charge in [-0.3, -0.25) is 0 Å². The molecule has 1 fully saturated rings. The van der Waals surface area contributed by atoms with Gasteiger partial charge in [-0.1, -0.05) is 0 Å². The van der Waals surface area contributed by atoms with Crippen molar-refractivity contribution in [2.24, 2.45) is 5.92 Å². The predicted molar refractivity (Wildman–Crippen MR) is 78.0 cm³/mol. The van der Waals surface area contributed by atoms with Gasteiger partial charge in [0.25, 0.3) is 0 Å². The molecule has 2 aromatic rings. The van der Waals surface area contributed by atoms with Gasteiger partial charge >= 0.3 is 0 Å². The number of nitrogens with zero attached hydrogens (tertiary/aromatic N) is 1. The van der Waals surface area contributed by atoms with Crippen LogP contribution in [0.15, 0.2) is 30.3 Å². The Balaban J connectivity index is 1.69. The van der Waals surface area contributed by atoms with Gasteiger partial charge in [-0.25, -0.2) is 4.98 Å². The number of rotatable bonds is 3. The molecule has 0 bridgehead atoms. The number of aromatic nitrogens is 1. The average Bonchev–Trinajstić information content (AvgIpc) is 2.82. The van der Waals surface area contributed by atoms with Crippen LogP contribution < -0.4 is 11.1 Å². The first kappa shape index (κ1) is 12.2. The monoisotopic (exact) mass is 257 g/mol. The molecule has 1 heterocycles. The lowest BCUT2D eigenvalue weighted by Crippen LogP contribution is -2.13. The normalized spacial score (nSPS) is 22.8. The third kappa shape index (κ3) is 2.79. The number of nitrogens with two attached hydrogens (primary N) is 1. The van der Waals surface area contributed by atoms with E-state index in [2.05, 4.69) is 10.3 Å². The van der Waals surface area contributed by atoms with E-state index in [1.165, 1.54) is 0 Å². The van der Waals surface area contributed by atoms with Crippen LogP contribution in [0.3, 0.4) is 0 Å². The summed E-state index contributed by atoms with van der Waals surface area (Å²) in [4.78, 5) is 4.57. The van der Waals surface area contributed by atoms with Crippen molar-refractivity contribution in [1.82, 2.24) is 4.98 Å². The van der Waals surface area contributed by atoms with Gasteiger partial charge in [0.2, 0.25) is 0 Å². The molecule has 1 aliphatic rings. The van der Waals surface area contributed by atoms with E-state index >= 15 is 0 Å². The molecule has 4 nitrogen and oxygen atoms in total. The zero-order chi connectivity index (χ0) is 13.2. The summed E-state index contributed by atoms with van der Waals surface area (Å²) in [5.74, 6) is 1.44. The van der Waals surface area contributed by atoms with E-state index in [-0.39, 0.29) is 6.10 Å². The van der Waals surface area contributed by atoms with E-state index in [1.54, 1.807) is 0 Å². The van der Waals surface area contributed by atoms with E-state index in [9.17, 15) is 5.11 Å². The molecule has 0 amide bonds. The minimum absolute atomic E-state index is 0.112. The molecule has 2 unspecified atom stereocenters. The highest BCUT2D eigenvalue weighted by Gasteiger charge is 2.22. The molecule has 1 aliphatic carbocycles. The molecule has 0 saturated heterocycles. The Morgan fingerprint density at radius 1 is 1.26 bits per heavy atom. The molecule has 1 aromatic heterocycles. The Morgan fingerprint density at radius 2 is 2.16 bits per heavy atom. The topological polar surface area (TPSA) is 71.2 Å². The number of fused-ring (bicyclic) bond motifs is 1. The van der Waals surface area contributed by atoms with Crippen molar-refractivity contribution < 1.29 is 5.11 Å². The first-order chi connectivity index (χ1) is 9.20. The standard InChI is InChI=1S/C15H19N3O/c16-12-3-5-14-11(8-12)2-6-15(18-14)17-9-10-1-4-13(19)7-10/h2-3,5-6,8,10,13,19H,1,4,7,9,16H2,(H,17,18). The molecule has 1 aromatic carbocycles. The number of benzene rings is 1. The van der Waals surface area contributed by atoms with Gasteiger partial charge in [0.1, 0.15) is 5.82 Å². The van der Waals surface area contributed by atoms with Gasteiger partial charge < -0.3 is 16.2 Å². The number of aliphatic hydroxyl groups excluding tert-OH is 1. The van der Waals surface area contributed by atoms with Crippen LogP contribution in [-0.4, -0.2) is 22.7 Å². The zero-order valence-corrected chi connectivity index (χ0v) is 10.8. The van der Waals surface area contributed by atoms with Crippen LogP contribution in [0.2, 0.25) is 0 Å². The molecule has 0 spiro atoms. The van der Waals surface area contributed by atoms with Crippen molar-refractivity contribution in [3.63, 3.8) is 0 Å². The Morgan fingerprint density at radius 3 is 2.95 bits per heavy atom. The van der Waals surface area contributed by atoms with E-state index in [0.717, 1.165) is 48.2 Å². The maximum absolute atomic E-state index is 9.51. The summed E-state index contributed by atoms with van der Waals surface area (Å²) in [6, 6.07) is 9.75. The maximum Gasteiger partial charge on any atom is 0.126 e. The van der Waals surface area contributed by atoms with Gasteiger partial charge in [0, 0.05) is 17.6 Å². The minimum Gasteiger partial charge on any atom is -0.399 e. The van der Waals surface area contributed by atoms with Gasteiger partial charge in [-0.05, 0) is 55.5 Å². The molecule has 4 N–H and O–H groups in total. The number of nitrogen functional groups attached to an aromatic ring is 1. The fourth-order valence-corrected chi connectivity index (χ4v) is 2.73. The quantitative estimate of drug-likeness (QED) is 0.738. The number of pyridine rings is 1. The van der Waals surface area contributed by atoms with Crippen LogP contribution >= 0.6 is 0 Å². The largest absolute Gasteiger partial charge is 0.399 e. The summed E-state index contributed by atoms with van der Waals surface area (Å²) in [7, 11) is 0. The van der Waals surface area contributed by atoms with Crippen molar-refractivity contribution in [3.8, 4) is 0 Å². The molecule has 100 valence electrons. The van der Waals surface area contributed by atoms with E-state index in [4.69, 9.17) is 5.73 Å². The number of hydrogen-bond acceptors (Lipinski definition) is 4. The molecule has 1 saturated carbocycles. The number of aliphatic hydroxyl groups is 1. The van der Waals surface area contributed by atoms with Crippen molar-refractivity contribution in [1.29, 1.82) is 0 Å². The van der Waals surface area contributed by atoms with Crippen LogP contribution in [0.4, 0.5) is 11.5 Å². The SMILES string of the molecule is Nc1ccc2nc(NCC3CCC(O)C3)ccc2c1. The maximum atomic E-state index is 9.51. The van der Waals surface area contributed by atoms with Gasteiger partial charge in [0.15, 0.2) is 0 Å². The second-order valence-electron chi connectivity index (χ2n) is 5.36. The molecular weight excluding hydrogens is 238 g/mol. The first-order valence-electron chi connectivity index (χ1n) is 6.79. The minimum atomic E-state index is -0.112. The Hall–Kier alpha value is -1.81. The van der Waals surface area contributed by atoms with Gasteiger partial charge in [-0.2, -0.15) is 0 Å².